The molecule has 2 N–H and O–H groups in total. The van der Waals surface area contributed by atoms with E-state index in [1.165, 1.54) is 18.2 Å². The molecule has 0 bridgehead atoms. The minimum Gasteiger partial charge on any atom is -0.398 e. The Balaban J connectivity index is 2.07. The van der Waals surface area contributed by atoms with E-state index >= 15 is 0 Å². The zero-order chi connectivity index (χ0) is 12.3. The van der Waals surface area contributed by atoms with Gasteiger partial charge in [-0.15, -0.1) is 0 Å². The summed E-state index contributed by atoms with van der Waals surface area (Å²) in [6.07, 6.45) is 1.02. The maximum Gasteiger partial charge on any atom is 0.165 e. The molecule has 0 saturated heterocycles. The number of thiophene rings is 1. The van der Waals surface area contributed by atoms with Crippen molar-refractivity contribution in [1.82, 2.24) is 0 Å². The highest BCUT2D eigenvalue weighted by molar-refractivity contribution is 7.07. The predicted octanol–water partition coefficient (Wildman–Crippen LogP) is 3.28. The Bertz CT molecular complexity index is 522. The zero-order valence-corrected chi connectivity index (χ0v) is 9.97. The third-order valence-electron chi connectivity index (χ3n) is 2.54. The molecule has 88 valence electrons. The van der Waals surface area contributed by atoms with Crippen LogP contribution in [0.5, 0.6) is 0 Å². The predicted molar refractivity (Wildman–Crippen MR) is 67.8 cm³/mol. The number of rotatable bonds is 4. The summed E-state index contributed by atoms with van der Waals surface area (Å²) >= 11 is 1.60. The van der Waals surface area contributed by atoms with Crippen LogP contribution in [0.2, 0.25) is 0 Å². The van der Waals surface area contributed by atoms with Gasteiger partial charge in [0.25, 0.3) is 0 Å². The third kappa shape index (κ3) is 2.91. The van der Waals surface area contributed by atoms with Crippen LogP contribution in [0.15, 0.2) is 35.0 Å². The van der Waals surface area contributed by atoms with Gasteiger partial charge in [-0.1, -0.05) is 0 Å². The van der Waals surface area contributed by atoms with Gasteiger partial charge in [-0.25, -0.2) is 4.39 Å². The highest BCUT2D eigenvalue weighted by Crippen LogP contribution is 2.17. The van der Waals surface area contributed by atoms with E-state index in [1.807, 2.05) is 16.8 Å². The molecule has 0 fully saturated rings. The number of halogens is 1. The molecule has 0 atom stereocenters. The number of aryl methyl sites for hydroxylation is 1. The lowest BCUT2D eigenvalue weighted by Crippen LogP contribution is -2.05. The topological polar surface area (TPSA) is 43.1 Å². The number of hydrogen-bond acceptors (Lipinski definition) is 3. The van der Waals surface area contributed by atoms with E-state index in [0.717, 1.165) is 5.56 Å². The summed E-state index contributed by atoms with van der Waals surface area (Å²) in [5.74, 6) is -0.550. The molecule has 0 amide bonds. The quantitative estimate of drug-likeness (QED) is 0.667. The van der Waals surface area contributed by atoms with Crippen LogP contribution in [0.3, 0.4) is 0 Å². The second-order valence-electron chi connectivity index (χ2n) is 3.79. The number of nitrogens with two attached hydrogens (primary N) is 1. The van der Waals surface area contributed by atoms with Crippen LogP contribution in [0.1, 0.15) is 22.3 Å². The molecular formula is C13H12FNOS. The first-order chi connectivity index (χ1) is 8.16. The summed E-state index contributed by atoms with van der Waals surface area (Å²) in [4.78, 5) is 11.9. The fourth-order valence-corrected chi connectivity index (χ4v) is 2.30. The second kappa shape index (κ2) is 5.10. The summed E-state index contributed by atoms with van der Waals surface area (Å²) in [7, 11) is 0. The van der Waals surface area contributed by atoms with E-state index in [0.29, 0.717) is 18.5 Å². The molecule has 0 spiro atoms. The largest absolute Gasteiger partial charge is 0.398 e. The van der Waals surface area contributed by atoms with E-state index in [2.05, 4.69) is 0 Å². The molecule has 1 aromatic carbocycles. The number of benzene rings is 1. The maximum absolute atomic E-state index is 13.0. The summed E-state index contributed by atoms with van der Waals surface area (Å²) in [6.45, 7) is 0. The molecule has 2 aromatic rings. The highest BCUT2D eigenvalue weighted by Gasteiger charge is 2.11. The van der Waals surface area contributed by atoms with Gasteiger partial charge in [-0.3, -0.25) is 4.79 Å². The monoisotopic (exact) mass is 249 g/mol. The third-order valence-corrected chi connectivity index (χ3v) is 3.27. The lowest BCUT2D eigenvalue weighted by molar-refractivity contribution is 0.0983. The molecule has 0 unspecified atom stereocenters. The lowest BCUT2D eigenvalue weighted by atomic mass is 10.0. The molecule has 4 heteroatoms. The Morgan fingerprint density at radius 2 is 2.18 bits per heavy atom. The van der Waals surface area contributed by atoms with E-state index in [-0.39, 0.29) is 11.3 Å². The number of hydrogen-bond donors (Lipinski definition) is 1. The Labute approximate surface area is 103 Å². The molecule has 0 aliphatic heterocycles. The first-order valence-corrected chi connectivity index (χ1v) is 6.20. The van der Waals surface area contributed by atoms with Gasteiger partial charge < -0.3 is 5.73 Å². The van der Waals surface area contributed by atoms with Gasteiger partial charge >= 0.3 is 0 Å². The molecule has 2 nitrogen and oxygen atoms in total. The van der Waals surface area contributed by atoms with Crippen molar-refractivity contribution in [1.29, 1.82) is 0 Å². The molecule has 0 aliphatic rings. The summed E-state index contributed by atoms with van der Waals surface area (Å²) in [5, 5.41) is 3.97. The Hall–Kier alpha value is -1.68. The summed E-state index contributed by atoms with van der Waals surface area (Å²) < 4.78 is 13.0. The van der Waals surface area contributed by atoms with Crippen LogP contribution in [0, 0.1) is 5.82 Å². The SMILES string of the molecule is Nc1ccc(F)cc1C(=O)CCc1ccsc1. The first-order valence-electron chi connectivity index (χ1n) is 5.26. The van der Waals surface area contributed by atoms with Gasteiger partial charge in [0, 0.05) is 17.7 Å². The molecule has 1 aromatic heterocycles. The standard InChI is InChI=1S/C13H12FNOS/c14-10-2-3-12(15)11(7-10)13(16)4-1-9-5-6-17-8-9/h2-3,5-8H,1,4,15H2. The molecule has 2 rings (SSSR count). The average Bonchev–Trinajstić information content (AvgIpc) is 2.82. The second-order valence-corrected chi connectivity index (χ2v) is 4.57. The van der Waals surface area contributed by atoms with Crippen molar-refractivity contribution in [3.8, 4) is 0 Å². The van der Waals surface area contributed by atoms with Gasteiger partial charge in [-0.05, 0) is 47.0 Å². The number of carbonyl (C=O) groups excluding carboxylic acids is 1. The van der Waals surface area contributed by atoms with Crippen LogP contribution >= 0.6 is 11.3 Å². The molecular weight excluding hydrogens is 237 g/mol. The van der Waals surface area contributed by atoms with Crippen LogP contribution in [0.4, 0.5) is 10.1 Å². The highest BCUT2D eigenvalue weighted by atomic mass is 32.1. The molecule has 0 saturated carbocycles. The first kappa shape index (κ1) is 11.8. The average molecular weight is 249 g/mol. The van der Waals surface area contributed by atoms with Crippen LogP contribution < -0.4 is 5.73 Å². The van der Waals surface area contributed by atoms with E-state index in [1.54, 1.807) is 11.3 Å². The zero-order valence-electron chi connectivity index (χ0n) is 9.15. The van der Waals surface area contributed by atoms with Gasteiger partial charge in [-0.2, -0.15) is 11.3 Å². The van der Waals surface area contributed by atoms with Gasteiger partial charge in [0.15, 0.2) is 5.78 Å². The van der Waals surface area contributed by atoms with Crippen LogP contribution in [0.25, 0.3) is 0 Å². The smallest absolute Gasteiger partial charge is 0.165 e. The Kier molecular flexibility index (Phi) is 3.54. The molecule has 1 heterocycles. The lowest BCUT2D eigenvalue weighted by Gasteiger charge is -2.04. The number of ketones is 1. The van der Waals surface area contributed by atoms with Gasteiger partial charge in [0.05, 0.1) is 0 Å². The molecule has 0 aliphatic carbocycles. The van der Waals surface area contributed by atoms with E-state index in [4.69, 9.17) is 5.73 Å². The maximum atomic E-state index is 13.0. The minimum atomic E-state index is -0.432. The Morgan fingerprint density at radius 1 is 1.35 bits per heavy atom. The number of anilines is 1. The fourth-order valence-electron chi connectivity index (χ4n) is 1.60. The van der Waals surface area contributed by atoms with E-state index in [9.17, 15) is 9.18 Å². The number of Topliss-reactive ketones (excluding diaryl/α,β-unsaturated/α-hetero) is 1. The molecule has 17 heavy (non-hydrogen) atoms. The van der Waals surface area contributed by atoms with E-state index < -0.39 is 5.82 Å². The normalized spacial score (nSPS) is 10.4. The van der Waals surface area contributed by atoms with Crippen molar-refractivity contribution in [3.63, 3.8) is 0 Å². The number of nitrogen functional groups attached to an aromatic ring is 1. The van der Waals surface area contributed by atoms with Crippen molar-refractivity contribution < 1.29 is 9.18 Å². The van der Waals surface area contributed by atoms with Crippen molar-refractivity contribution in [2.45, 2.75) is 12.8 Å². The van der Waals surface area contributed by atoms with Crippen molar-refractivity contribution in [2.75, 3.05) is 5.73 Å². The molecule has 0 radical (unpaired) electrons. The van der Waals surface area contributed by atoms with Crippen LogP contribution in [-0.2, 0) is 6.42 Å². The fraction of sp³-hybridized carbons (Fsp3) is 0.154. The van der Waals surface area contributed by atoms with Crippen molar-refractivity contribution in [2.24, 2.45) is 0 Å². The van der Waals surface area contributed by atoms with Crippen LogP contribution in [-0.4, -0.2) is 5.78 Å². The van der Waals surface area contributed by atoms with Gasteiger partial charge in [0.1, 0.15) is 5.82 Å². The van der Waals surface area contributed by atoms with Crippen molar-refractivity contribution >= 4 is 22.8 Å². The summed E-state index contributed by atoms with van der Waals surface area (Å²) in [5.41, 5.74) is 7.39. The number of carbonyl (C=O) groups is 1. The summed E-state index contributed by atoms with van der Waals surface area (Å²) in [6, 6.07) is 5.86. The van der Waals surface area contributed by atoms with Gasteiger partial charge in [0.2, 0.25) is 0 Å². The van der Waals surface area contributed by atoms with Crippen molar-refractivity contribution in [3.05, 3.63) is 52.0 Å². The Morgan fingerprint density at radius 3 is 2.88 bits per heavy atom. The minimum absolute atomic E-state index is 0.117.